The number of oxazole rings is 1. The van der Waals surface area contributed by atoms with Crippen LogP contribution in [0.2, 0.25) is 0 Å². The molecule has 0 unspecified atom stereocenters. The van der Waals surface area contributed by atoms with Gasteiger partial charge < -0.3 is 9.15 Å². The number of hydrogen-bond donors (Lipinski definition) is 0. The summed E-state index contributed by atoms with van der Waals surface area (Å²) in [6, 6.07) is 0. The SMILES string of the molecule is CC(C)OCc1coc(Br)n1. The smallest absolute Gasteiger partial charge is 0.264 e. The summed E-state index contributed by atoms with van der Waals surface area (Å²) in [7, 11) is 0. The second-order valence-electron chi connectivity index (χ2n) is 2.45. The van der Waals surface area contributed by atoms with E-state index < -0.39 is 0 Å². The summed E-state index contributed by atoms with van der Waals surface area (Å²) < 4.78 is 10.2. The summed E-state index contributed by atoms with van der Waals surface area (Å²) in [6.07, 6.45) is 1.80. The normalized spacial score (nSPS) is 10.9. The summed E-state index contributed by atoms with van der Waals surface area (Å²) in [5, 5.41) is 0. The molecule has 1 aromatic rings. The van der Waals surface area contributed by atoms with E-state index in [1.165, 1.54) is 0 Å². The van der Waals surface area contributed by atoms with Crippen LogP contribution in [0.4, 0.5) is 0 Å². The number of ether oxygens (including phenoxy) is 1. The third-order valence-corrected chi connectivity index (χ3v) is 1.45. The average molecular weight is 220 g/mol. The Morgan fingerprint density at radius 3 is 2.91 bits per heavy atom. The van der Waals surface area contributed by atoms with Gasteiger partial charge in [0, 0.05) is 15.9 Å². The highest BCUT2D eigenvalue weighted by Crippen LogP contribution is 2.09. The van der Waals surface area contributed by atoms with Crippen molar-refractivity contribution in [2.45, 2.75) is 26.6 Å². The van der Waals surface area contributed by atoms with Crippen LogP contribution in [0.1, 0.15) is 19.5 Å². The molecule has 0 atom stereocenters. The van der Waals surface area contributed by atoms with Gasteiger partial charge in [-0.15, -0.1) is 0 Å². The fraction of sp³-hybridized carbons (Fsp3) is 0.571. The van der Waals surface area contributed by atoms with Gasteiger partial charge in [-0.1, -0.05) is 0 Å². The number of rotatable bonds is 3. The van der Waals surface area contributed by atoms with Crippen molar-refractivity contribution < 1.29 is 9.15 Å². The van der Waals surface area contributed by atoms with Crippen LogP contribution >= 0.6 is 15.9 Å². The summed E-state index contributed by atoms with van der Waals surface area (Å²) in [4.78, 5) is 4.51. The van der Waals surface area contributed by atoms with Gasteiger partial charge in [0.1, 0.15) is 12.0 Å². The molecule has 1 heterocycles. The van der Waals surface area contributed by atoms with Crippen molar-refractivity contribution >= 4 is 15.9 Å². The van der Waals surface area contributed by atoms with Crippen molar-refractivity contribution in [3.8, 4) is 0 Å². The molecule has 0 N–H and O–H groups in total. The molecule has 0 aliphatic carbocycles. The van der Waals surface area contributed by atoms with Crippen molar-refractivity contribution in [1.82, 2.24) is 4.98 Å². The van der Waals surface area contributed by atoms with Crippen LogP contribution in [0.5, 0.6) is 0 Å². The topological polar surface area (TPSA) is 35.3 Å². The van der Waals surface area contributed by atoms with Crippen LogP contribution in [0, 0.1) is 0 Å². The molecular formula is C7H10BrNO2. The quantitative estimate of drug-likeness (QED) is 0.784. The fourth-order valence-electron chi connectivity index (χ4n) is 0.601. The lowest BCUT2D eigenvalue weighted by Gasteiger charge is -2.03. The number of aromatic nitrogens is 1. The molecule has 0 radical (unpaired) electrons. The first kappa shape index (κ1) is 8.74. The Labute approximate surface area is 73.9 Å². The maximum atomic E-state index is 5.30. The first-order chi connectivity index (χ1) is 5.18. The fourth-order valence-corrected chi connectivity index (χ4v) is 0.922. The van der Waals surface area contributed by atoms with Crippen LogP contribution in [-0.4, -0.2) is 11.1 Å². The molecule has 0 aromatic carbocycles. The Bertz CT molecular complexity index is 222. The molecule has 62 valence electrons. The van der Waals surface area contributed by atoms with Crippen LogP contribution in [0.3, 0.4) is 0 Å². The van der Waals surface area contributed by atoms with Crippen LogP contribution in [0.25, 0.3) is 0 Å². The van der Waals surface area contributed by atoms with Crippen molar-refractivity contribution in [3.63, 3.8) is 0 Å². The Morgan fingerprint density at radius 1 is 1.73 bits per heavy atom. The van der Waals surface area contributed by atoms with Gasteiger partial charge in [-0.05, 0) is 13.8 Å². The Kier molecular flexibility index (Phi) is 3.08. The van der Waals surface area contributed by atoms with E-state index in [0.717, 1.165) is 5.69 Å². The third-order valence-electron chi connectivity index (χ3n) is 1.09. The van der Waals surface area contributed by atoms with E-state index in [-0.39, 0.29) is 6.10 Å². The Hall–Kier alpha value is -0.350. The lowest BCUT2D eigenvalue weighted by atomic mass is 10.4. The number of hydrogen-bond acceptors (Lipinski definition) is 3. The summed E-state index contributed by atoms with van der Waals surface area (Å²) in [6.45, 7) is 4.47. The second-order valence-corrected chi connectivity index (χ2v) is 3.13. The standard InChI is InChI=1S/C7H10BrNO2/c1-5(2)10-3-6-4-11-7(8)9-6/h4-5H,3H2,1-2H3. The minimum Gasteiger partial charge on any atom is -0.439 e. The summed E-state index contributed by atoms with van der Waals surface area (Å²) in [5.41, 5.74) is 0.811. The summed E-state index contributed by atoms with van der Waals surface area (Å²) >= 11 is 3.11. The maximum Gasteiger partial charge on any atom is 0.264 e. The lowest BCUT2D eigenvalue weighted by Crippen LogP contribution is -2.02. The average Bonchev–Trinajstić information content (AvgIpc) is 2.31. The maximum absolute atomic E-state index is 5.30. The zero-order valence-electron chi connectivity index (χ0n) is 6.50. The van der Waals surface area contributed by atoms with Gasteiger partial charge in [0.25, 0.3) is 4.80 Å². The first-order valence-electron chi connectivity index (χ1n) is 3.40. The molecule has 0 saturated heterocycles. The minimum atomic E-state index is 0.227. The van der Waals surface area contributed by atoms with Crippen molar-refractivity contribution in [1.29, 1.82) is 0 Å². The zero-order chi connectivity index (χ0) is 8.27. The highest BCUT2D eigenvalue weighted by Gasteiger charge is 2.01. The third kappa shape index (κ3) is 3.03. The van der Waals surface area contributed by atoms with Gasteiger partial charge >= 0.3 is 0 Å². The predicted molar refractivity (Wildman–Crippen MR) is 44.1 cm³/mol. The van der Waals surface area contributed by atoms with Gasteiger partial charge in [0.15, 0.2) is 0 Å². The molecule has 0 fully saturated rings. The van der Waals surface area contributed by atoms with E-state index in [1.807, 2.05) is 13.8 Å². The first-order valence-corrected chi connectivity index (χ1v) is 4.19. The predicted octanol–water partition coefficient (Wildman–Crippen LogP) is 2.36. The van der Waals surface area contributed by atoms with E-state index in [9.17, 15) is 0 Å². The molecule has 0 spiro atoms. The van der Waals surface area contributed by atoms with E-state index in [0.29, 0.717) is 11.4 Å². The number of halogens is 1. The summed E-state index contributed by atoms with van der Waals surface area (Å²) in [5.74, 6) is 0. The molecule has 11 heavy (non-hydrogen) atoms. The molecule has 0 saturated carbocycles. The van der Waals surface area contributed by atoms with E-state index >= 15 is 0 Å². The highest BCUT2D eigenvalue weighted by atomic mass is 79.9. The molecule has 0 aliphatic rings. The van der Waals surface area contributed by atoms with E-state index in [2.05, 4.69) is 20.9 Å². The van der Waals surface area contributed by atoms with Gasteiger partial charge in [-0.25, -0.2) is 4.98 Å². The largest absolute Gasteiger partial charge is 0.439 e. The highest BCUT2D eigenvalue weighted by molar-refractivity contribution is 9.10. The van der Waals surface area contributed by atoms with Crippen LogP contribution in [-0.2, 0) is 11.3 Å². The minimum absolute atomic E-state index is 0.227. The molecule has 0 amide bonds. The van der Waals surface area contributed by atoms with Gasteiger partial charge in [-0.3, -0.25) is 0 Å². The molecule has 0 aliphatic heterocycles. The van der Waals surface area contributed by atoms with E-state index in [1.54, 1.807) is 6.26 Å². The monoisotopic (exact) mass is 219 g/mol. The molecule has 1 rings (SSSR count). The number of nitrogens with zero attached hydrogens (tertiary/aromatic N) is 1. The van der Waals surface area contributed by atoms with Crippen molar-refractivity contribution in [2.75, 3.05) is 0 Å². The van der Waals surface area contributed by atoms with Gasteiger partial charge in [-0.2, -0.15) is 0 Å². The molecule has 4 heteroatoms. The lowest BCUT2D eigenvalue weighted by molar-refractivity contribution is 0.0635. The van der Waals surface area contributed by atoms with Crippen molar-refractivity contribution in [2.24, 2.45) is 0 Å². The molecule has 3 nitrogen and oxygen atoms in total. The Balaban J connectivity index is 2.39. The Morgan fingerprint density at radius 2 is 2.45 bits per heavy atom. The van der Waals surface area contributed by atoms with Crippen molar-refractivity contribution in [3.05, 3.63) is 16.8 Å². The molecule has 0 bridgehead atoms. The van der Waals surface area contributed by atoms with Gasteiger partial charge in [0.2, 0.25) is 0 Å². The van der Waals surface area contributed by atoms with E-state index in [4.69, 9.17) is 9.15 Å². The zero-order valence-corrected chi connectivity index (χ0v) is 8.09. The molecular weight excluding hydrogens is 210 g/mol. The van der Waals surface area contributed by atoms with Crippen LogP contribution < -0.4 is 0 Å². The second kappa shape index (κ2) is 3.88. The molecule has 1 aromatic heterocycles. The van der Waals surface area contributed by atoms with Crippen LogP contribution in [0.15, 0.2) is 15.5 Å². The van der Waals surface area contributed by atoms with Gasteiger partial charge in [0.05, 0.1) is 12.7 Å².